The van der Waals surface area contributed by atoms with Crippen molar-refractivity contribution in [3.05, 3.63) is 29.3 Å². The van der Waals surface area contributed by atoms with E-state index in [1.54, 1.807) is 4.90 Å². The lowest BCUT2D eigenvalue weighted by Crippen LogP contribution is -2.48. The maximum absolute atomic E-state index is 12.5. The van der Waals surface area contributed by atoms with Gasteiger partial charge in [-0.1, -0.05) is 25.3 Å². The number of amides is 3. The summed E-state index contributed by atoms with van der Waals surface area (Å²) >= 11 is 0. The Morgan fingerprint density at radius 1 is 1.16 bits per heavy atom. The van der Waals surface area contributed by atoms with Crippen LogP contribution in [0.25, 0.3) is 0 Å². The zero-order chi connectivity index (χ0) is 18.0. The standard InChI is InChI=1S/C20H29N3O2/c1-14-9-10-18(11-15(14)2)23-13-16(12-19(23)24)21-20(25)22(3)17-7-5-4-6-8-17/h9-11,16-17H,4-8,12-13H2,1-3H3,(H,21,25)/t16-/m0/s1. The third-order valence-corrected chi connectivity index (χ3v) is 5.70. The van der Waals surface area contributed by atoms with Crippen LogP contribution in [0.1, 0.15) is 49.7 Å². The molecule has 0 unspecified atom stereocenters. The summed E-state index contributed by atoms with van der Waals surface area (Å²) < 4.78 is 0. The quantitative estimate of drug-likeness (QED) is 0.915. The molecule has 1 aromatic rings. The molecular formula is C20H29N3O2. The molecule has 1 heterocycles. The number of carbonyl (C=O) groups excluding carboxylic acids is 2. The smallest absolute Gasteiger partial charge is 0.317 e. The minimum absolute atomic E-state index is 0.0494. The minimum atomic E-state index is -0.118. The zero-order valence-electron chi connectivity index (χ0n) is 15.5. The number of hydrogen-bond acceptors (Lipinski definition) is 2. The van der Waals surface area contributed by atoms with Gasteiger partial charge in [0.1, 0.15) is 0 Å². The molecule has 0 aromatic heterocycles. The number of aryl methyl sites for hydroxylation is 2. The second kappa shape index (κ2) is 7.46. The lowest BCUT2D eigenvalue weighted by atomic mass is 9.95. The van der Waals surface area contributed by atoms with E-state index in [0.717, 1.165) is 18.5 Å². The van der Waals surface area contributed by atoms with Crippen molar-refractivity contribution < 1.29 is 9.59 Å². The fourth-order valence-corrected chi connectivity index (χ4v) is 3.86. The summed E-state index contributed by atoms with van der Waals surface area (Å²) in [7, 11) is 1.88. The predicted molar refractivity (Wildman–Crippen MR) is 99.8 cm³/mol. The van der Waals surface area contributed by atoms with Crippen molar-refractivity contribution in [3.63, 3.8) is 0 Å². The summed E-state index contributed by atoms with van der Waals surface area (Å²) in [5.74, 6) is 0.0777. The molecule has 3 amide bonds. The van der Waals surface area contributed by atoms with Crippen LogP contribution < -0.4 is 10.2 Å². The molecule has 1 aliphatic carbocycles. The molecule has 136 valence electrons. The van der Waals surface area contributed by atoms with Crippen LogP contribution in [-0.2, 0) is 4.79 Å². The van der Waals surface area contributed by atoms with E-state index in [4.69, 9.17) is 0 Å². The third-order valence-electron chi connectivity index (χ3n) is 5.70. The van der Waals surface area contributed by atoms with Crippen LogP contribution in [0.2, 0.25) is 0 Å². The Morgan fingerprint density at radius 2 is 1.88 bits per heavy atom. The highest BCUT2D eigenvalue weighted by atomic mass is 16.2. The van der Waals surface area contributed by atoms with Crippen LogP contribution in [-0.4, -0.2) is 42.5 Å². The molecule has 1 N–H and O–H groups in total. The Bertz CT molecular complexity index is 652. The predicted octanol–water partition coefficient (Wildman–Crippen LogP) is 3.38. The Hall–Kier alpha value is -2.04. The maximum Gasteiger partial charge on any atom is 0.317 e. The van der Waals surface area contributed by atoms with E-state index >= 15 is 0 Å². The van der Waals surface area contributed by atoms with Crippen LogP contribution in [0.15, 0.2) is 18.2 Å². The molecule has 25 heavy (non-hydrogen) atoms. The molecule has 5 nitrogen and oxygen atoms in total. The first-order valence-electron chi connectivity index (χ1n) is 9.36. The molecule has 0 radical (unpaired) electrons. The van der Waals surface area contributed by atoms with Crippen LogP contribution in [0, 0.1) is 13.8 Å². The molecule has 0 bridgehead atoms. The molecule has 1 atom stereocenters. The lowest BCUT2D eigenvalue weighted by molar-refractivity contribution is -0.117. The number of hydrogen-bond donors (Lipinski definition) is 1. The second-order valence-electron chi connectivity index (χ2n) is 7.53. The molecule has 1 aliphatic heterocycles. The van der Waals surface area contributed by atoms with Crippen molar-refractivity contribution in [2.24, 2.45) is 0 Å². The van der Waals surface area contributed by atoms with Gasteiger partial charge in [0.2, 0.25) is 5.91 Å². The van der Waals surface area contributed by atoms with Gasteiger partial charge in [-0.2, -0.15) is 0 Å². The van der Waals surface area contributed by atoms with Crippen LogP contribution in [0.5, 0.6) is 0 Å². The monoisotopic (exact) mass is 343 g/mol. The number of benzene rings is 1. The van der Waals surface area contributed by atoms with Gasteiger partial charge in [-0.25, -0.2) is 4.79 Å². The van der Waals surface area contributed by atoms with Gasteiger partial charge >= 0.3 is 6.03 Å². The number of carbonyl (C=O) groups is 2. The highest BCUT2D eigenvalue weighted by Gasteiger charge is 2.33. The van der Waals surface area contributed by atoms with Crippen molar-refractivity contribution in [2.45, 2.75) is 64.5 Å². The van der Waals surface area contributed by atoms with Crippen molar-refractivity contribution in [2.75, 3.05) is 18.5 Å². The molecule has 2 aliphatic rings. The van der Waals surface area contributed by atoms with Crippen LogP contribution in [0.4, 0.5) is 10.5 Å². The van der Waals surface area contributed by atoms with E-state index in [1.165, 1.54) is 30.4 Å². The average Bonchev–Trinajstić information content (AvgIpc) is 2.97. The van der Waals surface area contributed by atoms with E-state index in [2.05, 4.69) is 19.2 Å². The molecule has 1 saturated carbocycles. The largest absolute Gasteiger partial charge is 0.333 e. The molecule has 2 fully saturated rings. The average molecular weight is 343 g/mol. The van der Waals surface area contributed by atoms with Crippen molar-refractivity contribution in [3.8, 4) is 0 Å². The molecule has 1 aromatic carbocycles. The molecule has 0 spiro atoms. The van der Waals surface area contributed by atoms with Gasteiger partial charge in [-0.3, -0.25) is 4.79 Å². The summed E-state index contributed by atoms with van der Waals surface area (Å²) in [4.78, 5) is 28.6. The normalized spacial score (nSPS) is 21.5. The Kier molecular flexibility index (Phi) is 5.30. The summed E-state index contributed by atoms with van der Waals surface area (Å²) in [5, 5.41) is 3.06. The van der Waals surface area contributed by atoms with Gasteiger partial charge in [0, 0.05) is 31.7 Å². The van der Waals surface area contributed by atoms with E-state index in [1.807, 2.05) is 30.1 Å². The summed E-state index contributed by atoms with van der Waals surface area (Å²) in [6, 6.07) is 6.24. The van der Waals surface area contributed by atoms with Crippen molar-refractivity contribution in [1.29, 1.82) is 0 Å². The zero-order valence-corrected chi connectivity index (χ0v) is 15.5. The lowest BCUT2D eigenvalue weighted by Gasteiger charge is -2.32. The number of anilines is 1. The fraction of sp³-hybridized carbons (Fsp3) is 0.600. The van der Waals surface area contributed by atoms with Gasteiger partial charge in [0.15, 0.2) is 0 Å². The van der Waals surface area contributed by atoms with Gasteiger partial charge < -0.3 is 15.1 Å². The Morgan fingerprint density at radius 3 is 2.56 bits per heavy atom. The Labute approximate surface area is 150 Å². The van der Waals surface area contributed by atoms with Crippen LogP contribution in [0.3, 0.4) is 0 Å². The first kappa shape index (κ1) is 17.8. The SMILES string of the molecule is Cc1ccc(N2C[C@@H](NC(=O)N(C)C3CCCCC3)CC2=O)cc1C. The van der Waals surface area contributed by atoms with Crippen molar-refractivity contribution in [1.82, 2.24) is 10.2 Å². The number of nitrogens with one attached hydrogen (secondary N) is 1. The molecule has 5 heteroatoms. The highest BCUT2D eigenvalue weighted by molar-refractivity contribution is 5.96. The van der Waals surface area contributed by atoms with Gasteiger partial charge in [-0.05, 0) is 49.9 Å². The van der Waals surface area contributed by atoms with E-state index in [-0.39, 0.29) is 18.0 Å². The summed E-state index contributed by atoms with van der Waals surface area (Å²) in [6.07, 6.45) is 6.21. The van der Waals surface area contributed by atoms with Gasteiger partial charge in [0.05, 0.1) is 6.04 Å². The third kappa shape index (κ3) is 3.97. The number of rotatable bonds is 3. The molecule has 1 saturated heterocycles. The Balaban J connectivity index is 1.60. The fourth-order valence-electron chi connectivity index (χ4n) is 3.86. The molecule has 3 rings (SSSR count). The first-order chi connectivity index (χ1) is 12.0. The molecular weight excluding hydrogens is 314 g/mol. The second-order valence-corrected chi connectivity index (χ2v) is 7.53. The van der Waals surface area contributed by atoms with E-state index < -0.39 is 0 Å². The van der Waals surface area contributed by atoms with E-state index in [0.29, 0.717) is 19.0 Å². The van der Waals surface area contributed by atoms with E-state index in [9.17, 15) is 9.59 Å². The topological polar surface area (TPSA) is 52.7 Å². The van der Waals surface area contributed by atoms with Crippen molar-refractivity contribution >= 4 is 17.6 Å². The number of urea groups is 1. The maximum atomic E-state index is 12.5. The number of nitrogens with zero attached hydrogens (tertiary/aromatic N) is 2. The van der Waals surface area contributed by atoms with Crippen LogP contribution >= 0.6 is 0 Å². The minimum Gasteiger partial charge on any atom is -0.333 e. The summed E-state index contributed by atoms with van der Waals surface area (Å²) in [5.41, 5.74) is 3.31. The summed E-state index contributed by atoms with van der Waals surface area (Å²) in [6.45, 7) is 4.67. The van der Waals surface area contributed by atoms with Gasteiger partial charge in [-0.15, -0.1) is 0 Å². The highest BCUT2D eigenvalue weighted by Crippen LogP contribution is 2.25. The van der Waals surface area contributed by atoms with Gasteiger partial charge in [0.25, 0.3) is 0 Å². The first-order valence-corrected chi connectivity index (χ1v) is 9.36.